The van der Waals surface area contributed by atoms with Gasteiger partial charge in [0.15, 0.2) is 5.96 Å². The first-order chi connectivity index (χ1) is 14.4. The molecule has 1 aromatic carbocycles. The lowest BCUT2D eigenvalue weighted by molar-refractivity contribution is 0.186. The van der Waals surface area contributed by atoms with Crippen molar-refractivity contribution in [1.29, 1.82) is 0 Å². The second-order valence-corrected chi connectivity index (χ2v) is 7.89. The minimum Gasteiger partial charge on any atom is -0.493 e. The van der Waals surface area contributed by atoms with Crippen molar-refractivity contribution in [2.75, 3.05) is 32.9 Å². The van der Waals surface area contributed by atoms with Crippen molar-refractivity contribution in [3.8, 4) is 5.75 Å². The van der Waals surface area contributed by atoms with Crippen LogP contribution >= 0.6 is 0 Å². The van der Waals surface area contributed by atoms with Gasteiger partial charge in [-0.1, -0.05) is 18.2 Å². The average molecular weight is 398 g/mol. The summed E-state index contributed by atoms with van der Waals surface area (Å²) in [6.45, 7) is 4.71. The van der Waals surface area contributed by atoms with E-state index in [1.807, 2.05) is 30.3 Å². The van der Waals surface area contributed by atoms with E-state index >= 15 is 0 Å². The molecule has 1 aliphatic carbocycles. The Balaban J connectivity index is 1.34. The van der Waals surface area contributed by atoms with Gasteiger partial charge < -0.3 is 24.5 Å². The van der Waals surface area contributed by atoms with E-state index in [1.165, 1.54) is 12.8 Å². The van der Waals surface area contributed by atoms with Gasteiger partial charge in [-0.2, -0.15) is 0 Å². The Kier molecular flexibility index (Phi) is 7.08. The van der Waals surface area contributed by atoms with Crippen LogP contribution in [0.15, 0.2) is 52.1 Å². The van der Waals surface area contributed by atoms with E-state index in [-0.39, 0.29) is 0 Å². The first-order valence-corrected chi connectivity index (χ1v) is 10.7. The zero-order valence-electron chi connectivity index (χ0n) is 16.9. The predicted octanol–water partition coefficient (Wildman–Crippen LogP) is 3.38. The van der Waals surface area contributed by atoms with Gasteiger partial charge in [-0.3, -0.25) is 0 Å². The SMILES string of the molecule is c1coc(CCNC(=NCc2ccccc2OCC2CC2)NCC2CCOC2)c1. The van der Waals surface area contributed by atoms with Crippen LogP contribution in [0.25, 0.3) is 0 Å². The first kappa shape index (κ1) is 19.8. The van der Waals surface area contributed by atoms with Crippen molar-refractivity contribution >= 4 is 5.96 Å². The van der Waals surface area contributed by atoms with Gasteiger partial charge in [0.1, 0.15) is 11.5 Å². The summed E-state index contributed by atoms with van der Waals surface area (Å²) in [6.07, 6.45) is 6.21. The Morgan fingerprint density at radius 2 is 2.00 bits per heavy atom. The molecule has 6 heteroatoms. The van der Waals surface area contributed by atoms with E-state index in [2.05, 4.69) is 16.7 Å². The Hall–Kier alpha value is -2.47. The monoisotopic (exact) mass is 397 g/mol. The molecule has 1 unspecified atom stereocenters. The molecule has 1 aromatic heterocycles. The number of aliphatic imine (C=N–C) groups is 1. The number of nitrogens with one attached hydrogen (secondary N) is 2. The molecule has 156 valence electrons. The van der Waals surface area contributed by atoms with Gasteiger partial charge in [-0.25, -0.2) is 4.99 Å². The van der Waals surface area contributed by atoms with Crippen LogP contribution in [0.2, 0.25) is 0 Å². The van der Waals surface area contributed by atoms with Crippen molar-refractivity contribution in [2.24, 2.45) is 16.8 Å². The summed E-state index contributed by atoms with van der Waals surface area (Å²) >= 11 is 0. The Bertz CT molecular complexity index is 765. The summed E-state index contributed by atoms with van der Waals surface area (Å²) in [5.74, 6) is 4.02. The molecule has 2 N–H and O–H groups in total. The van der Waals surface area contributed by atoms with Gasteiger partial charge in [-0.05, 0) is 43.4 Å². The second-order valence-electron chi connectivity index (χ2n) is 7.89. The largest absolute Gasteiger partial charge is 0.493 e. The number of furan rings is 1. The summed E-state index contributed by atoms with van der Waals surface area (Å²) in [5, 5.41) is 6.91. The highest BCUT2D eigenvalue weighted by atomic mass is 16.5. The molecule has 2 heterocycles. The van der Waals surface area contributed by atoms with Gasteiger partial charge in [0.25, 0.3) is 0 Å². The zero-order chi connectivity index (χ0) is 19.7. The number of rotatable bonds is 10. The minimum absolute atomic E-state index is 0.543. The maximum atomic E-state index is 6.03. The summed E-state index contributed by atoms with van der Waals surface area (Å²) in [6, 6.07) is 12.1. The quantitative estimate of drug-likeness (QED) is 0.475. The van der Waals surface area contributed by atoms with Gasteiger partial charge >= 0.3 is 0 Å². The highest BCUT2D eigenvalue weighted by Crippen LogP contribution is 2.30. The molecule has 2 aromatic rings. The highest BCUT2D eigenvalue weighted by molar-refractivity contribution is 5.79. The molecule has 1 aliphatic heterocycles. The fourth-order valence-corrected chi connectivity index (χ4v) is 3.35. The second kappa shape index (κ2) is 10.3. The number of benzene rings is 1. The lowest BCUT2D eigenvalue weighted by Crippen LogP contribution is -2.40. The maximum Gasteiger partial charge on any atom is 0.191 e. The van der Waals surface area contributed by atoms with E-state index in [0.29, 0.717) is 12.5 Å². The van der Waals surface area contributed by atoms with Crippen LogP contribution in [0.1, 0.15) is 30.6 Å². The smallest absolute Gasteiger partial charge is 0.191 e. The zero-order valence-corrected chi connectivity index (χ0v) is 16.9. The molecule has 1 saturated carbocycles. The minimum atomic E-state index is 0.543. The normalized spacial score (nSPS) is 19.3. The van der Waals surface area contributed by atoms with Gasteiger partial charge in [0.2, 0.25) is 0 Å². The lowest BCUT2D eigenvalue weighted by Gasteiger charge is -2.15. The van der Waals surface area contributed by atoms with E-state index in [9.17, 15) is 0 Å². The summed E-state index contributed by atoms with van der Waals surface area (Å²) in [4.78, 5) is 4.82. The molecule has 2 aliphatic rings. The summed E-state index contributed by atoms with van der Waals surface area (Å²) in [5.41, 5.74) is 1.12. The number of ether oxygens (including phenoxy) is 2. The maximum absolute atomic E-state index is 6.03. The van der Waals surface area contributed by atoms with E-state index < -0.39 is 0 Å². The van der Waals surface area contributed by atoms with Crippen molar-refractivity contribution < 1.29 is 13.9 Å². The lowest BCUT2D eigenvalue weighted by atomic mass is 10.1. The number of hydrogen-bond donors (Lipinski definition) is 2. The average Bonchev–Trinajstić information content (AvgIpc) is 3.18. The third kappa shape index (κ3) is 6.53. The summed E-state index contributed by atoms with van der Waals surface area (Å²) in [7, 11) is 0. The third-order valence-corrected chi connectivity index (χ3v) is 5.38. The van der Waals surface area contributed by atoms with Crippen molar-refractivity contribution in [1.82, 2.24) is 10.6 Å². The highest BCUT2D eigenvalue weighted by Gasteiger charge is 2.22. The van der Waals surface area contributed by atoms with Crippen molar-refractivity contribution in [3.63, 3.8) is 0 Å². The van der Waals surface area contributed by atoms with E-state index in [1.54, 1.807) is 6.26 Å². The van der Waals surface area contributed by atoms with Gasteiger partial charge in [0, 0.05) is 37.6 Å². The standard InChI is InChI=1S/C23H31N3O3/c1-2-6-22(29-17-18-7-8-18)20(4-1)15-26-23(25-14-19-10-13-27-16-19)24-11-9-21-5-3-12-28-21/h1-6,12,18-19H,7-11,13-17H2,(H2,24,25,26). The molecule has 0 spiro atoms. The Morgan fingerprint density at radius 3 is 2.79 bits per heavy atom. The molecule has 1 atom stereocenters. The van der Waals surface area contributed by atoms with Crippen LogP contribution in [0, 0.1) is 11.8 Å². The summed E-state index contributed by atoms with van der Waals surface area (Å²) < 4.78 is 16.9. The fraction of sp³-hybridized carbons (Fsp3) is 0.522. The van der Waals surface area contributed by atoms with Crippen molar-refractivity contribution in [2.45, 2.75) is 32.2 Å². The van der Waals surface area contributed by atoms with E-state index in [0.717, 1.165) is 74.7 Å². The van der Waals surface area contributed by atoms with Crippen LogP contribution in [0.4, 0.5) is 0 Å². The van der Waals surface area contributed by atoms with E-state index in [4.69, 9.17) is 18.9 Å². The van der Waals surface area contributed by atoms with Crippen LogP contribution in [-0.2, 0) is 17.7 Å². The Labute approximate surface area is 172 Å². The molecule has 2 fully saturated rings. The molecule has 0 bridgehead atoms. The van der Waals surface area contributed by atoms with Crippen molar-refractivity contribution in [3.05, 3.63) is 54.0 Å². The molecule has 4 rings (SSSR count). The number of nitrogens with zero attached hydrogens (tertiary/aromatic N) is 1. The van der Waals surface area contributed by atoms with Crippen LogP contribution < -0.4 is 15.4 Å². The van der Waals surface area contributed by atoms with Crippen LogP contribution in [0.5, 0.6) is 5.75 Å². The Morgan fingerprint density at radius 1 is 1.07 bits per heavy atom. The number of hydrogen-bond acceptors (Lipinski definition) is 4. The van der Waals surface area contributed by atoms with Crippen LogP contribution in [-0.4, -0.2) is 38.9 Å². The number of guanidine groups is 1. The van der Waals surface area contributed by atoms with Gasteiger partial charge in [0.05, 0.1) is 26.0 Å². The molecule has 6 nitrogen and oxygen atoms in total. The number of para-hydroxylation sites is 1. The molecular formula is C23H31N3O3. The third-order valence-electron chi connectivity index (χ3n) is 5.38. The van der Waals surface area contributed by atoms with Gasteiger partial charge in [-0.15, -0.1) is 0 Å². The first-order valence-electron chi connectivity index (χ1n) is 10.7. The molecule has 0 radical (unpaired) electrons. The molecule has 0 amide bonds. The fourth-order valence-electron chi connectivity index (χ4n) is 3.35. The molecule has 29 heavy (non-hydrogen) atoms. The molecular weight excluding hydrogens is 366 g/mol. The predicted molar refractivity (Wildman–Crippen MR) is 113 cm³/mol. The molecule has 1 saturated heterocycles. The van der Waals surface area contributed by atoms with Crippen LogP contribution in [0.3, 0.4) is 0 Å². The topological polar surface area (TPSA) is 68.0 Å².